The van der Waals surface area contributed by atoms with Crippen LogP contribution in [-0.2, 0) is 19.5 Å². The van der Waals surface area contributed by atoms with E-state index in [9.17, 15) is 9.50 Å². The van der Waals surface area contributed by atoms with Crippen LogP contribution in [-0.4, -0.2) is 10.5 Å². The van der Waals surface area contributed by atoms with Gasteiger partial charge in [-0.05, 0) is 62.6 Å². The maximum atomic E-state index is 13.3. The monoisotopic (exact) mass is 413 g/mol. The summed E-state index contributed by atoms with van der Waals surface area (Å²) in [6.07, 6.45) is 3.97. The van der Waals surface area contributed by atoms with Gasteiger partial charge in [-0.3, -0.25) is 4.99 Å². The first-order chi connectivity index (χ1) is 13.4. The molecule has 0 atom stereocenters. The molecule has 3 aromatic rings. The second-order valence-corrected chi connectivity index (χ2v) is 7.57. The van der Waals surface area contributed by atoms with E-state index in [1.807, 2.05) is 31.5 Å². The minimum atomic E-state index is -0.248. The predicted molar refractivity (Wildman–Crippen MR) is 113 cm³/mol. The topological polar surface area (TPSA) is 44.2 Å². The number of aliphatic imine (C=N–C) groups is 1. The molecule has 1 aliphatic rings. The van der Waals surface area contributed by atoms with Crippen LogP contribution < -0.4 is 9.67 Å². The Balaban J connectivity index is 0.00000240. The van der Waals surface area contributed by atoms with E-state index in [4.69, 9.17) is 0 Å². The van der Waals surface area contributed by atoms with Crippen molar-refractivity contribution in [1.82, 2.24) is 4.57 Å². The lowest BCUT2D eigenvalue weighted by molar-refractivity contribution is -0.693. The summed E-state index contributed by atoms with van der Waals surface area (Å²) in [6.45, 7) is 7.15. The molecule has 0 aliphatic carbocycles. The van der Waals surface area contributed by atoms with E-state index in [0.29, 0.717) is 0 Å². The van der Waals surface area contributed by atoms with Crippen molar-refractivity contribution in [1.29, 1.82) is 0 Å². The van der Waals surface area contributed by atoms with E-state index in [1.54, 1.807) is 12.1 Å². The lowest BCUT2D eigenvalue weighted by Gasteiger charge is -2.12. The van der Waals surface area contributed by atoms with E-state index in [-0.39, 0.29) is 30.7 Å². The zero-order valence-electron chi connectivity index (χ0n) is 16.9. The van der Waals surface area contributed by atoms with Gasteiger partial charge in [0, 0.05) is 11.5 Å². The van der Waals surface area contributed by atoms with Gasteiger partial charge in [-0.15, -0.1) is 12.4 Å². The van der Waals surface area contributed by atoms with Gasteiger partial charge in [-0.1, -0.05) is 17.7 Å². The summed E-state index contributed by atoms with van der Waals surface area (Å²) < 4.78 is 17.5. The Morgan fingerprint density at radius 2 is 1.79 bits per heavy atom. The summed E-state index contributed by atoms with van der Waals surface area (Å²) in [4.78, 5) is 4.39. The van der Waals surface area contributed by atoms with Crippen molar-refractivity contribution in [3.63, 3.8) is 0 Å². The second kappa shape index (κ2) is 8.37. The van der Waals surface area contributed by atoms with Gasteiger partial charge in [0.15, 0.2) is 5.69 Å². The molecule has 0 saturated heterocycles. The van der Waals surface area contributed by atoms with Gasteiger partial charge in [0.05, 0.1) is 18.7 Å². The number of hydrogen-bond donors (Lipinski definition) is 0. The van der Waals surface area contributed by atoms with E-state index < -0.39 is 0 Å². The molecule has 0 fully saturated rings. The first-order valence-electron chi connectivity index (χ1n) is 9.62. The van der Waals surface area contributed by atoms with Crippen LogP contribution in [0.4, 0.5) is 10.1 Å². The van der Waals surface area contributed by atoms with Crippen LogP contribution in [0.2, 0.25) is 0 Å². The lowest BCUT2D eigenvalue weighted by atomic mass is 10.1. The third-order valence-electron chi connectivity index (χ3n) is 5.31. The molecule has 6 heteroatoms. The molecule has 0 amide bonds. The Labute approximate surface area is 176 Å². The maximum Gasteiger partial charge on any atom is 0.257 e. The molecule has 29 heavy (non-hydrogen) atoms. The van der Waals surface area contributed by atoms with E-state index >= 15 is 0 Å². The third-order valence-corrected chi connectivity index (χ3v) is 5.31. The molecular weight excluding hydrogens is 389 g/mol. The highest BCUT2D eigenvalue weighted by atomic mass is 35.5. The second-order valence-electron chi connectivity index (χ2n) is 7.57. The molecular formula is C23H25ClFN3O. The molecule has 0 radical (unpaired) electrons. The highest BCUT2D eigenvalue weighted by Gasteiger charge is 2.28. The summed E-state index contributed by atoms with van der Waals surface area (Å²) >= 11 is 0. The fourth-order valence-electron chi connectivity index (χ4n) is 4.15. The number of aromatic nitrogens is 2. The molecule has 1 aromatic heterocycles. The Morgan fingerprint density at radius 1 is 1.14 bits per heavy atom. The number of fused-ring (bicyclic) bond motifs is 1. The van der Waals surface area contributed by atoms with Crippen molar-refractivity contribution in [2.75, 3.05) is 0 Å². The van der Waals surface area contributed by atoms with E-state index in [1.165, 1.54) is 17.7 Å². The molecule has 4 rings (SSSR count). The number of rotatable bonds is 4. The summed E-state index contributed by atoms with van der Waals surface area (Å²) in [7, 11) is 0. The van der Waals surface area contributed by atoms with Crippen LogP contribution in [0.15, 0.2) is 47.6 Å². The van der Waals surface area contributed by atoms with Crippen molar-refractivity contribution in [2.45, 2.75) is 46.7 Å². The summed E-state index contributed by atoms with van der Waals surface area (Å²) in [5, 5.41) is 12.7. The number of imidazole rings is 1. The number of aryl methyl sites for hydroxylation is 3. The number of hydrogen-bond acceptors (Lipinski definition) is 2. The van der Waals surface area contributed by atoms with Crippen LogP contribution in [0.25, 0.3) is 11.3 Å². The summed E-state index contributed by atoms with van der Waals surface area (Å²) in [5.74, 6) is 0.717. The molecule has 0 N–H and O–H groups in total. The Morgan fingerprint density at radius 3 is 2.45 bits per heavy atom. The lowest BCUT2D eigenvalue weighted by Crippen LogP contribution is -2.43. The SMILES string of the molecule is Cc1cc(C)c(N=C([O-])C[n+]2cc(-c3ccc(F)cc3)n3c2CCC3)c(C)c1.Cl. The quantitative estimate of drug-likeness (QED) is 0.362. The van der Waals surface area contributed by atoms with Gasteiger partial charge in [0.2, 0.25) is 0 Å². The smallest absolute Gasteiger partial charge is 0.257 e. The van der Waals surface area contributed by atoms with Crippen molar-refractivity contribution >= 4 is 24.0 Å². The zero-order chi connectivity index (χ0) is 19.8. The number of nitrogens with zero attached hydrogens (tertiary/aromatic N) is 3. The minimum absolute atomic E-state index is 0. The van der Waals surface area contributed by atoms with Gasteiger partial charge in [0.1, 0.15) is 18.6 Å². The summed E-state index contributed by atoms with van der Waals surface area (Å²) in [5.41, 5.74) is 5.95. The third kappa shape index (κ3) is 4.20. The molecule has 152 valence electrons. The Kier molecular flexibility index (Phi) is 6.08. The average molecular weight is 414 g/mol. The fourth-order valence-corrected chi connectivity index (χ4v) is 4.15. The number of halogens is 2. The molecule has 0 bridgehead atoms. The fraction of sp³-hybridized carbons (Fsp3) is 0.304. The van der Waals surface area contributed by atoms with Crippen molar-refractivity contribution < 1.29 is 14.1 Å². The van der Waals surface area contributed by atoms with Crippen LogP contribution in [0, 0.1) is 26.6 Å². The standard InChI is InChI=1S/C23H24FN3O.ClH/c1-15-11-16(2)23(17(3)12-15)25-21(28)14-26-13-20(27-10-4-5-22(26)27)18-6-8-19(24)9-7-18;/h6-9,11-13H,4-5,10,14H2,1-3H3;1H. The first kappa shape index (κ1) is 21.1. The van der Waals surface area contributed by atoms with Crippen molar-refractivity contribution in [2.24, 2.45) is 4.99 Å². The minimum Gasteiger partial charge on any atom is -0.859 e. The largest absolute Gasteiger partial charge is 0.859 e. The average Bonchev–Trinajstić information content (AvgIpc) is 3.23. The van der Waals surface area contributed by atoms with Gasteiger partial charge in [0.25, 0.3) is 5.82 Å². The van der Waals surface area contributed by atoms with Crippen molar-refractivity contribution in [3.8, 4) is 11.3 Å². The molecule has 4 nitrogen and oxygen atoms in total. The van der Waals surface area contributed by atoms with Crippen LogP contribution in [0.3, 0.4) is 0 Å². The highest BCUT2D eigenvalue weighted by Crippen LogP contribution is 2.26. The van der Waals surface area contributed by atoms with E-state index in [2.05, 4.69) is 21.7 Å². The highest BCUT2D eigenvalue weighted by molar-refractivity contribution is 5.85. The zero-order valence-corrected chi connectivity index (χ0v) is 17.7. The molecule has 2 aromatic carbocycles. The van der Waals surface area contributed by atoms with E-state index in [0.717, 1.165) is 53.3 Å². The van der Waals surface area contributed by atoms with Gasteiger partial charge < -0.3 is 5.11 Å². The first-order valence-corrected chi connectivity index (χ1v) is 9.62. The molecule has 0 spiro atoms. The molecule has 0 saturated carbocycles. The normalized spacial score (nSPS) is 13.3. The van der Waals surface area contributed by atoms with Crippen LogP contribution in [0.1, 0.15) is 28.9 Å². The number of benzene rings is 2. The molecule has 2 heterocycles. The Bertz CT molecular complexity index is 1050. The molecule has 0 unspecified atom stereocenters. The maximum absolute atomic E-state index is 13.3. The molecule has 1 aliphatic heterocycles. The predicted octanol–water partition coefficient (Wildman–Crippen LogP) is 3.97. The summed E-state index contributed by atoms with van der Waals surface area (Å²) in [6, 6.07) is 10.6. The van der Waals surface area contributed by atoms with Gasteiger partial charge >= 0.3 is 0 Å². The van der Waals surface area contributed by atoms with Crippen LogP contribution >= 0.6 is 12.4 Å². The van der Waals surface area contributed by atoms with Gasteiger partial charge in [-0.25, -0.2) is 13.5 Å². The Hall–Kier alpha value is -2.66. The van der Waals surface area contributed by atoms with Gasteiger partial charge in [-0.2, -0.15) is 0 Å². The van der Waals surface area contributed by atoms with Crippen LogP contribution in [0.5, 0.6) is 0 Å². The van der Waals surface area contributed by atoms with Crippen molar-refractivity contribution in [3.05, 3.63) is 70.9 Å².